The highest BCUT2D eigenvalue weighted by atomic mass is 32.2. The molecule has 154 valence electrons. The summed E-state index contributed by atoms with van der Waals surface area (Å²) in [6, 6.07) is 7.10. The number of anilines is 1. The number of thiazole rings is 1. The molecule has 6 nitrogen and oxygen atoms in total. The molecule has 0 saturated heterocycles. The van der Waals surface area contributed by atoms with Crippen molar-refractivity contribution in [2.45, 2.75) is 18.6 Å². The summed E-state index contributed by atoms with van der Waals surface area (Å²) >= 11 is 4.00. The third-order valence-electron chi connectivity index (χ3n) is 4.06. The van der Waals surface area contributed by atoms with Gasteiger partial charge in [-0.1, -0.05) is 17.8 Å². The maximum absolute atomic E-state index is 13.9. The summed E-state index contributed by atoms with van der Waals surface area (Å²) in [6.07, 6.45) is 0. The lowest BCUT2D eigenvalue weighted by Crippen LogP contribution is -2.14. The van der Waals surface area contributed by atoms with Crippen molar-refractivity contribution in [1.82, 2.24) is 19.7 Å². The number of rotatable bonds is 7. The summed E-state index contributed by atoms with van der Waals surface area (Å²) in [7, 11) is 0. The Labute approximate surface area is 183 Å². The Morgan fingerprint density at radius 3 is 2.87 bits per heavy atom. The standard InChI is InChI=1S/C19H15F2N5OS3/c1-2-26-17(15-4-3-7-28-15)24-25-19(26)30-10-16(27)23-18-22-14(9-29-18)12-8-11(20)5-6-13(12)21/h3-9H,2,10H2,1H3,(H,22,23,27). The quantitative estimate of drug-likeness (QED) is 0.383. The van der Waals surface area contributed by atoms with Crippen molar-refractivity contribution in [3.8, 4) is 22.0 Å². The molecule has 0 aliphatic rings. The number of thioether (sulfide) groups is 1. The van der Waals surface area contributed by atoms with E-state index in [4.69, 9.17) is 0 Å². The van der Waals surface area contributed by atoms with Gasteiger partial charge in [0.15, 0.2) is 16.1 Å². The monoisotopic (exact) mass is 463 g/mol. The summed E-state index contributed by atoms with van der Waals surface area (Å²) < 4.78 is 29.2. The van der Waals surface area contributed by atoms with E-state index in [9.17, 15) is 13.6 Å². The minimum atomic E-state index is -0.574. The second kappa shape index (κ2) is 9.02. The lowest BCUT2D eigenvalue weighted by molar-refractivity contribution is -0.113. The number of carbonyl (C=O) groups excluding carboxylic acids is 1. The predicted molar refractivity (Wildman–Crippen MR) is 116 cm³/mol. The zero-order valence-electron chi connectivity index (χ0n) is 15.6. The SMILES string of the molecule is CCn1c(SCC(=O)Nc2nc(-c3cc(F)ccc3F)cs2)nnc1-c1cccs1. The van der Waals surface area contributed by atoms with Crippen molar-refractivity contribution in [2.24, 2.45) is 0 Å². The second-order valence-electron chi connectivity index (χ2n) is 6.03. The fourth-order valence-electron chi connectivity index (χ4n) is 2.70. The van der Waals surface area contributed by atoms with Crippen LogP contribution in [-0.4, -0.2) is 31.4 Å². The van der Waals surface area contributed by atoms with E-state index in [1.54, 1.807) is 16.7 Å². The minimum Gasteiger partial charge on any atom is -0.302 e. The maximum Gasteiger partial charge on any atom is 0.236 e. The van der Waals surface area contributed by atoms with E-state index < -0.39 is 11.6 Å². The molecule has 3 heterocycles. The van der Waals surface area contributed by atoms with Crippen LogP contribution in [0.4, 0.5) is 13.9 Å². The second-order valence-corrected chi connectivity index (χ2v) is 8.77. The molecule has 0 aliphatic heterocycles. The van der Waals surface area contributed by atoms with E-state index in [0.29, 0.717) is 16.8 Å². The number of nitrogens with one attached hydrogen (secondary N) is 1. The molecule has 4 aromatic rings. The van der Waals surface area contributed by atoms with Crippen molar-refractivity contribution in [2.75, 3.05) is 11.1 Å². The molecule has 30 heavy (non-hydrogen) atoms. The highest BCUT2D eigenvalue weighted by molar-refractivity contribution is 7.99. The summed E-state index contributed by atoms with van der Waals surface area (Å²) in [4.78, 5) is 17.5. The number of amides is 1. The number of hydrogen-bond acceptors (Lipinski definition) is 7. The predicted octanol–water partition coefficient (Wildman–Crippen LogP) is 5.16. The van der Waals surface area contributed by atoms with Gasteiger partial charge in [-0.25, -0.2) is 13.8 Å². The van der Waals surface area contributed by atoms with E-state index >= 15 is 0 Å². The molecule has 0 fully saturated rings. The molecule has 1 aromatic carbocycles. The molecule has 0 atom stereocenters. The van der Waals surface area contributed by atoms with Crippen LogP contribution in [0.25, 0.3) is 22.0 Å². The Balaban J connectivity index is 1.40. The Bertz CT molecular complexity index is 1170. The van der Waals surface area contributed by atoms with Crippen molar-refractivity contribution >= 4 is 45.5 Å². The van der Waals surface area contributed by atoms with E-state index in [1.165, 1.54) is 11.8 Å². The smallest absolute Gasteiger partial charge is 0.236 e. The van der Waals surface area contributed by atoms with Crippen molar-refractivity contribution in [3.05, 3.63) is 52.7 Å². The van der Waals surface area contributed by atoms with Crippen LogP contribution in [0.3, 0.4) is 0 Å². The van der Waals surface area contributed by atoms with Gasteiger partial charge in [-0.15, -0.1) is 32.9 Å². The molecule has 0 aliphatic carbocycles. The van der Waals surface area contributed by atoms with E-state index in [1.807, 2.05) is 29.0 Å². The molecule has 0 unspecified atom stereocenters. The van der Waals surface area contributed by atoms with E-state index in [0.717, 1.165) is 40.2 Å². The first-order valence-corrected chi connectivity index (χ1v) is 11.6. The number of halogens is 2. The van der Waals surface area contributed by atoms with Gasteiger partial charge in [-0.2, -0.15) is 0 Å². The van der Waals surface area contributed by atoms with Crippen LogP contribution < -0.4 is 5.32 Å². The number of aromatic nitrogens is 4. The van der Waals surface area contributed by atoms with Gasteiger partial charge in [-0.05, 0) is 36.6 Å². The lowest BCUT2D eigenvalue weighted by atomic mass is 10.1. The Morgan fingerprint density at radius 1 is 1.23 bits per heavy atom. The van der Waals surface area contributed by atoms with E-state index in [-0.39, 0.29) is 22.9 Å². The molecule has 0 saturated carbocycles. The van der Waals surface area contributed by atoms with Crippen molar-refractivity contribution in [3.63, 3.8) is 0 Å². The van der Waals surface area contributed by atoms with Crippen LogP contribution in [0, 0.1) is 11.6 Å². The third-order valence-corrected chi connectivity index (χ3v) is 6.65. The molecule has 0 spiro atoms. The normalized spacial score (nSPS) is 11.0. The first-order chi connectivity index (χ1) is 14.5. The van der Waals surface area contributed by atoms with Crippen LogP contribution in [0.5, 0.6) is 0 Å². The summed E-state index contributed by atoms with van der Waals surface area (Å²) in [6.45, 7) is 2.67. The fourth-order valence-corrected chi connectivity index (χ4v) is 4.95. The van der Waals surface area contributed by atoms with Crippen LogP contribution in [0.1, 0.15) is 6.92 Å². The van der Waals surface area contributed by atoms with Gasteiger partial charge >= 0.3 is 0 Å². The number of benzene rings is 1. The molecule has 3 aromatic heterocycles. The zero-order valence-corrected chi connectivity index (χ0v) is 18.1. The fraction of sp³-hybridized carbons (Fsp3) is 0.158. The van der Waals surface area contributed by atoms with Gasteiger partial charge in [0.2, 0.25) is 5.91 Å². The Morgan fingerprint density at radius 2 is 2.10 bits per heavy atom. The van der Waals surface area contributed by atoms with Crippen LogP contribution in [-0.2, 0) is 11.3 Å². The minimum absolute atomic E-state index is 0.0540. The van der Waals surface area contributed by atoms with Gasteiger partial charge in [0.1, 0.15) is 11.6 Å². The van der Waals surface area contributed by atoms with Gasteiger partial charge in [0.05, 0.1) is 16.3 Å². The lowest BCUT2D eigenvalue weighted by Gasteiger charge is -2.06. The van der Waals surface area contributed by atoms with Crippen LogP contribution in [0.2, 0.25) is 0 Å². The number of hydrogen-bond donors (Lipinski definition) is 1. The Hall–Kier alpha value is -2.63. The third kappa shape index (κ3) is 4.42. The first kappa shape index (κ1) is 20.6. The molecule has 0 radical (unpaired) electrons. The van der Waals surface area contributed by atoms with Crippen LogP contribution in [0.15, 0.2) is 46.2 Å². The number of thiophene rings is 1. The maximum atomic E-state index is 13.9. The largest absolute Gasteiger partial charge is 0.302 e. The number of nitrogens with zero attached hydrogens (tertiary/aromatic N) is 4. The summed E-state index contributed by atoms with van der Waals surface area (Å²) in [5, 5.41) is 15.6. The summed E-state index contributed by atoms with van der Waals surface area (Å²) in [5.41, 5.74) is 0.324. The average molecular weight is 464 g/mol. The van der Waals surface area contributed by atoms with Gasteiger partial charge < -0.3 is 9.88 Å². The van der Waals surface area contributed by atoms with Gasteiger partial charge in [-0.3, -0.25) is 4.79 Å². The van der Waals surface area contributed by atoms with Gasteiger partial charge in [0.25, 0.3) is 0 Å². The molecule has 1 N–H and O–H groups in total. The molecule has 1 amide bonds. The molecular weight excluding hydrogens is 448 g/mol. The average Bonchev–Trinajstić information content (AvgIpc) is 3.48. The van der Waals surface area contributed by atoms with Crippen LogP contribution >= 0.6 is 34.4 Å². The zero-order chi connectivity index (χ0) is 21.1. The first-order valence-electron chi connectivity index (χ1n) is 8.86. The molecule has 11 heteroatoms. The summed E-state index contributed by atoms with van der Waals surface area (Å²) in [5.74, 6) is -0.508. The van der Waals surface area contributed by atoms with Crippen molar-refractivity contribution in [1.29, 1.82) is 0 Å². The molecule has 0 bridgehead atoms. The molecule has 4 rings (SSSR count). The van der Waals surface area contributed by atoms with Crippen molar-refractivity contribution < 1.29 is 13.6 Å². The topological polar surface area (TPSA) is 72.7 Å². The highest BCUT2D eigenvalue weighted by Crippen LogP contribution is 2.29. The highest BCUT2D eigenvalue weighted by Gasteiger charge is 2.16. The Kier molecular flexibility index (Phi) is 6.21. The molecular formula is C19H15F2N5OS3. The van der Waals surface area contributed by atoms with Gasteiger partial charge in [0, 0.05) is 17.5 Å². The van der Waals surface area contributed by atoms with E-state index in [2.05, 4.69) is 20.5 Å². The number of carbonyl (C=O) groups is 1.